The van der Waals surface area contributed by atoms with Gasteiger partial charge in [-0.2, -0.15) is 4.80 Å². The maximum Gasteiger partial charge on any atom is 0.177 e. The Balaban J connectivity index is 1.84. The second-order valence-corrected chi connectivity index (χ2v) is 4.52. The van der Waals surface area contributed by atoms with E-state index in [2.05, 4.69) is 20.7 Å². The molecular formula is C9H17N5O. The van der Waals surface area contributed by atoms with Crippen LogP contribution in [-0.2, 0) is 13.5 Å². The zero-order valence-corrected chi connectivity index (χ0v) is 9.14. The predicted molar refractivity (Wildman–Crippen MR) is 54.2 cm³/mol. The molecule has 0 amide bonds. The lowest BCUT2D eigenvalue weighted by Gasteiger charge is -2.21. The molecule has 6 heteroatoms. The molecule has 1 saturated carbocycles. The molecule has 2 rings (SSSR count). The highest BCUT2D eigenvalue weighted by atomic mass is 16.3. The molecule has 1 aliphatic rings. The van der Waals surface area contributed by atoms with Gasteiger partial charge in [0.2, 0.25) is 0 Å². The third kappa shape index (κ3) is 3.24. The van der Waals surface area contributed by atoms with E-state index in [1.54, 1.807) is 14.0 Å². The fraction of sp³-hybridized carbons (Fsp3) is 0.889. The van der Waals surface area contributed by atoms with Gasteiger partial charge in [0.05, 0.1) is 12.6 Å². The van der Waals surface area contributed by atoms with Crippen molar-refractivity contribution in [3.05, 3.63) is 5.82 Å². The molecule has 0 spiro atoms. The summed E-state index contributed by atoms with van der Waals surface area (Å²) in [6.07, 6.45) is 2.87. The van der Waals surface area contributed by atoms with Crippen LogP contribution in [0, 0.1) is 0 Å². The first-order valence-corrected chi connectivity index (χ1v) is 5.24. The molecule has 1 aliphatic carbocycles. The summed E-state index contributed by atoms with van der Waals surface area (Å²) in [5, 5.41) is 25.0. The van der Waals surface area contributed by atoms with Crippen LogP contribution in [0.2, 0.25) is 0 Å². The SMILES string of the molecule is Cn1nnc(CC(C)(O)CNC2CC2)n1. The Morgan fingerprint density at radius 2 is 2.33 bits per heavy atom. The summed E-state index contributed by atoms with van der Waals surface area (Å²) in [5.41, 5.74) is -0.800. The van der Waals surface area contributed by atoms with Gasteiger partial charge in [0.1, 0.15) is 0 Å². The molecule has 84 valence electrons. The first-order valence-electron chi connectivity index (χ1n) is 5.24. The van der Waals surface area contributed by atoms with Crippen molar-refractivity contribution in [2.45, 2.75) is 37.8 Å². The topological polar surface area (TPSA) is 75.9 Å². The zero-order valence-electron chi connectivity index (χ0n) is 9.14. The molecular weight excluding hydrogens is 194 g/mol. The average molecular weight is 211 g/mol. The molecule has 0 bridgehead atoms. The maximum absolute atomic E-state index is 10.1. The number of nitrogens with zero attached hydrogens (tertiary/aromatic N) is 4. The molecule has 1 heterocycles. The van der Waals surface area contributed by atoms with E-state index < -0.39 is 5.60 Å². The summed E-state index contributed by atoms with van der Waals surface area (Å²) in [6, 6.07) is 0.603. The van der Waals surface area contributed by atoms with Crippen molar-refractivity contribution in [3.8, 4) is 0 Å². The summed E-state index contributed by atoms with van der Waals surface area (Å²) in [5.74, 6) is 0.583. The largest absolute Gasteiger partial charge is 0.388 e. The van der Waals surface area contributed by atoms with E-state index in [0.29, 0.717) is 24.8 Å². The lowest BCUT2D eigenvalue weighted by Crippen LogP contribution is -2.40. The standard InChI is InChI=1S/C9H17N5O/c1-9(15,6-10-7-3-4-7)5-8-11-13-14(2)12-8/h7,10,15H,3-6H2,1-2H3. The summed E-state index contributed by atoms with van der Waals surface area (Å²) in [6.45, 7) is 2.37. The Hall–Kier alpha value is -1.01. The van der Waals surface area contributed by atoms with Crippen molar-refractivity contribution >= 4 is 0 Å². The number of hydrogen-bond acceptors (Lipinski definition) is 5. The molecule has 1 aromatic rings. The Labute approximate surface area is 88.7 Å². The maximum atomic E-state index is 10.1. The minimum absolute atomic E-state index is 0.431. The van der Waals surface area contributed by atoms with Crippen LogP contribution in [-0.4, -0.2) is 43.5 Å². The van der Waals surface area contributed by atoms with Gasteiger partial charge in [-0.25, -0.2) is 0 Å². The molecule has 0 aromatic carbocycles. The number of nitrogens with one attached hydrogen (secondary N) is 1. The van der Waals surface area contributed by atoms with Gasteiger partial charge in [-0.15, -0.1) is 10.2 Å². The average Bonchev–Trinajstić information content (AvgIpc) is 2.88. The summed E-state index contributed by atoms with van der Waals surface area (Å²) >= 11 is 0. The quantitative estimate of drug-likeness (QED) is 0.670. The number of hydrogen-bond donors (Lipinski definition) is 2. The normalized spacial score (nSPS) is 20.2. The highest BCUT2D eigenvalue weighted by Crippen LogP contribution is 2.19. The first-order chi connectivity index (χ1) is 7.05. The van der Waals surface area contributed by atoms with Crippen LogP contribution in [0.4, 0.5) is 0 Å². The molecule has 1 fully saturated rings. The molecule has 2 N–H and O–H groups in total. The van der Waals surface area contributed by atoms with Crippen LogP contribution >= 0.6 is 0 Å². The Kier molecular flexibility index (Phi) is 2.70. The molecule has 15 heavy (non-hydrogen) atoms. The van der Waals surface area contributed by atoms with Crippen molar-refractivity contribution in [2.24, 2.45) is 7.05 Å². The van der Waals surface area contributed by atoms with Gasteiger partial charge in [0, 0.05) is 19.0 Å². The molecule has 6 nitrogen and oxygen atoms in total. The second kappa shape index (κ2) is 3.86. The van der Waals surface area contributed by atoms with E-state index in [-0.39, 0.29) is 0 Å². The molecule has 0 radical (unpaired) electrons. The molecule has 1 unspecified atom stereocenters. The van der Waals surface area contributed by atoms with Crippen molar-refractivity contribution in [1.82, 2.24) is 25.5 Å². The van der Waals surface area contributed by atoms with E-state index >= 15 is 0 Å². The van der Waals surface area contributed by atoms with Crippen LogP contribution in [0.5, 0.6) is 0 Å². The van der Waals surface area contributed by atoms with Gasteiger partial charge in [0.15, 0.2) is 5.82 Å². The monoisotopic (exact) mass is 211 g/mol. The smallest absolute Gasteiger partial charge is 0.177 e. The van der Waals surface area contributed by atoms with E-state index in [0.717, 1.165) is 0 Å². The third-order valence-electron chi connectivity index (χ3n) is 2.44. The second-order valence-electron chi connectivity index (χ2n) is 4.52. The predicted octanol–water partition coefficient (Wildman–Crippen LogP) is -0.744. The molecule has 0 saturated heterocycles. The van der Waals surface area contributed by atoms with Crippen LogP contribution in [0.1, 0.15) is 25.6 Å². The zero-order chi connectivity index (χ0) is 10.9. The third-order valence-corrected chi connectivity index (χ3v) is 2.44. The number of rotatable bonds is 5. The minimum Gasteiger partial charge on any atom is -0.388 e. The Bertz CT molecular complexity index is 331. The van der Waals surface area contributed by atoms with Crippen LogP contribution in [0.25, 0.3) is 0 Å². The number of aliphatic hydroxyl groups is 1. The summed E-state index contributed by atoms with van der Waals surface area (Å²) < 4.78 is 0. The van der Waals surface area contributed by atoms with Gasteiger partial charge in [-0.1, -0.05) is 0 Å². The van der Waals surface area contributed by atoms with E-state index in [1.165, 1.54) is 17.6 Å². The molecule has 0 aliphatic heterocycles. The van der Waals surface area contributed by atoms with Crippen LogP contribution in [0.3, 0.4) is 0 Å². The molecule has 1 atom stereocenters. The van der Waals surface area contributed by atoms with Gasteiger partial charge in [0.25, 0.3) is 0 Å². The number of aromatic nitrogens is 4. The van der Waals surface area contributed by atoms with Crippen molar-refractivity contribution in [2.75, 3.05) is 6.54 Å². The van der Waals surface area contributed by atoms with Gasteiger partial charge in [-0.3, -0.25) is 0 Å². The summed E-state index contributed by atoms with van der Waals surface area (Å²) in [7, 11) is 1.72. The van der Waals surface area contributed by atoms with Crippen LogP contribution < -0.4 is 5.32 Å². The Morgan fingerprint density at radius 1 is 1.60 bits per heavy atom. The first kappa shape index (κ1) is 10.5. The number of aryl methyl sites for hydroxylation is 1. The summed E-state index contributed by atoms with van der Waals surface area (Å²) in [4.78, 5) is 1.40. The lowest BCUT2D eigenvalue weighted by atomic mass is 10.0. The fourth-order valence-corrected chi connectivity index (χ4v) is 1.45. The van der Waals surface area contributed by atoms with Crippen molar-refractivity contribution in [3.63, 3.8) is 0 Å². The lowest BCUT2D eigenvalue weighted by molar-refractivity contribution is 0.0576. The molecule has 1 aromatic heterocycles. The highest BCUT2D eigenvalue weighted by molar-refractivity contribution is 4.92. The van der Waals surface area contributed by atoms with E-state index in [4.69, 9.17) is 0 Å². The van der Waals surface area contributed by atoms with Gasteiger partial charge < -0.3 is 10.4 Å². The minimum atomic E-state index is -0.800. The van der Waals surface area contributed by atoms with Crippen molar-refractivity contribution < 1.29 is 5.11 Å². The van der Waals surface area contributed by atoms with Crippen molar-refractivity contribution in [1.29, 1.82) is 0 Å². The fourth-order valence-electron chi connectivity index (χ4n) is 1.45. The Morgan fingerprint density at radius 3 is 2.87 bits per heavy atom. The van der Waals surface area contributed by atoms with E-state index in [9.17, 15) is 5.11 Å². The van der Waals surface area contributed by atoms with E-state index in [1.807, 2.05) is 0 Å². The highest BCUT2D eigenvalue weighted by Gasteiger charge is 2.28. The van der Waals surface area contributed by atoms with Gasteiger partial charge >= 0.3 is 0 Å². The number of tetrazole rings is 1. The van der Waals surface area contributed by atoms with Crippen LogP contribution in [0.15, 0.2) is 0 Å². The van der Waals surface area contributed by atoms with Gasteiger partial charge in [-0.05, 0) is 25.0 Å².